The minimum absolute atomic E-state index is 0.00446. The van der Waals surface area contributed by atoms with Crippen LogP contribution in [0.25, 0.3) is 0 Å². The molecular weight excluding hydrogens is 368 g/mol. The number of hydrogen-bond acceptors (Lipinski definition) is 3. The molecule has 136 valence electrons. The molecule has 0 saturated heterocycles. The maximum atomic E-state index is 12.7. The first-order valence-electron chi connectivity index (χ1n) is 6.04. The molecule has 0 spiro atoms. The molecule has 0 aliphatic heterocycles. The average Bonchev–Trinajstić information content (AvgIpc) is 2.34. The molecule has 0 saturated carbocycles. The van der Waals surface area contributed by atoms with Crippen molar-refractivity contribution in [1.82, 2.24) is 4.72 Å². The zero-order valence-electron chi connectivity index (χ0n) is 12.1. The molecule has 24 heavy (non-hydrogen) atoms. The largest absolute Gasteiger partial charge is 0.480 e. The van der Waals surface area contributed by atoms with Gasteiger partial charge in [-0.15, -0.1) is 0 Å². The van der Waals surface area contributed by atoms with Gasteiger partial charge < -0.3 is 5.11 Å². The molecule has 1 rings (SSSR count). The van der Waals surface area contributed by atoms with E-state index in [1.165, 1.54) is 0 Å². The fourth-order valence-electron chi connectivity index (χ4n) is 1.52. The van der Waals surface area contributed by atoms with E-state index in [4.69, 9.17) is 5.11 Å². The lowest BCUT2D eigenvalue weighted by molar-refractivity contribution is -0.144. The molecule has 0 atom stereocenters. The molecule has 0 aliphatic rings. The van der Waals surface area contributed by atoms with Gasteiger partial charge in [0.1, 0.15) is 5.54 Å². The predicted octanol–water partition coefficient (Wildman–Crippen LogP) is 2.87. The maximum Gasteiger partial charge on any atom is 0.416 e. The van der Waals surface area contributed by atoms with Crippen molar-refractivity contribution in [1.29, 1.82) is 0 Å². The lowest BCUT2D eigenvalue weighted by Crippen LogP contribution is -2.49. The van der Waals surface area contributed by atoms with Crippen molar-refractivity contribution in [2.75, 3.05) is 0 Å². The summed E-state index contributed by atoms with van der Waals surface area (Å²) in [7, 11) is -4.96. The predicted molar refractivity (Wildman–Crippen MR) is 68.5 cm³/mol. The van der Waals surface area contributed by atoms with Gasteiger partial charge in [0.05, 0.1) is 16.0 Å². The number of carboxylic acids is 1. The van der Waals surface area contributed by atoms with E-state index in [0.717, 1.165) is 13.8 Å². The number of alkyl halides is 6. The number of aliphatic carboxylic acids is 1. The first-order chi connectivity index (χ1) is 10.5. The van der Waals surface area contributed by atoms with Crippen LogP contribution >= 0.6 is 0 Å². The number of hydrogen-bond donors (Lipinski definition) is 2. The fraction of sp³-hybridized carbons (Fsp3) is 0.417. The Morgan fingerprint density at radius 2 is 1.33 bits per heavy atom. The second-order valence-corrected chi connectivity index (χ2v) is 6.96. The van der Waals surface area contributed by atoms with E-state index in [9.17, 15) is 39.6 Å². The highest BCUT2D eigenvalue weighted by molar-refractivity contribution is 7.89. The van der Waals surface area contributed by atoms with Gasteiger partial charge in [-0.3, -0.25) is 4.79 Å². The molecular formula is C12H11F6NO4S. The summed E-state index contributed by atoms with van der Waals surface area (Å²) in [6.07, 6.45) is -10.5. The summed E-state index contributed by atoms with van der Waals surface area (Å²) in [6.45, 7) is 1.76. The molecule has 1 aromatic rings. The van der Waals surface area contributed by atoms with E-state index < -0.39 is 49.9 Å². The summed E-state index contributed by atoms with van der Waals surface area (Å²) < 4.78 is 102. The minimum Gasteiger partial charge on any atom is -0.480 e. The number of rotatable bonds is 4. The van der Waals surface area contributed by atoms with Crippen molar-refractivity contribution in [3.63, 3.8) is 0 Å². The molecule has 0 fully saturated rings. The van der Waals surface area contributed by atoms with E-state index in [0.29, 0.717) is 0 Å². The van der Waals surface area contributed by atoms with Crippen LogP contribution in [0.4, 0.5) is 26.3 Å². The van der Waals surface area contributed by atoms with Gasteiger partial charge in [-0.25, -0.2) is 8.42 Å². The van der Waals surface area contributed by atoms with Gasteiger partial charge in [-0.05, 0) is 32.0 Å². The van der Waals surface area contributed by atoms with Crippen LogP contribution in [-0.2, 0) is 27.2 Å². The van der Waals surface area contributed by atoms with Crippen molar-refractivity contribution >= 4 is 16.0 Å². The van der Waals surface area contributed by atoms with Crippen molar-refractivity contribution in [3.05, 3.63) is 29.3 Å². The topological polar surface area (TPSA) is 83.5 Å². The van der Waals surface area contributed by atoms with Crippen LogP contribution in [0.15, 0.2) is 23.1 Å². The van der Waals surface area contributed by atoms with E-state index in [2.05, 4.69) is 0 Å². The van der Waals surface area contributed by atoms with Gasteiger partial charge in [0, 0.05) is 0 Å². The Hall–Kier alpha value is -1.82. The second kappa shape index (κ2) is 5.92. The number of sulfonamides is 1. The van der Waals surface area contributed by atoms with Gasteiger partial charge in [-0.1, -0.05) is 0 Å². The average molecular weight is 379 g/mol. The maximum absolute atomic E-state index is 12.7. The molecule has 5 nitrogen and oxygen atoms in total. The lowest BCUT2D eigenvalue weighted by atomic mass is 10.1. The quantitative estimate of drug-likeness (QED) is 0.788. The van der Waals surface area contributed by atoms with Crippen LogP contribution in [0.5, 0.6) is 0 Å². The third kappa shape index (κ3) is 4.60. The third-order valence-electron chi connectivity index (χ3n) is 2.80. The molecule has 12 heteroatoms. The molecule has 0 aromatic heterocycles. The Kier molecular flexibility index (Phi) is 4.99. The van der Waals surface area contributed by atoms with Crippen LogP contribution in [0.3, 0.4) is 0 Å². The standard InChI is InChI=1S/C12H11F6NO4S/c1-10(2,9(20)21)19-24(22,23)8-4-6(11(13,14)15)3-7(5-8)12(16,17)18/h3-5,19H,1-2H3,(H,20,21). The van der Waals surface area contributed by atoms with Crippen molar-refractivity contribution < 1.29 is 44.7 Å². The number of nitrogens with one attached hydrogen (secondary N) is 1. The van der Waals surface area contributed by atoms with Crippen LogP contribution < -0.4 is 4.72 Å². The van der Waals surface area contributed by atoms with Crippen LogP contribution in [0, 0.1) is 0 Å². The summed E-state index contributed by atoms with van der Waals surface area (Å²) in [5, 5.41) is 8.83. The van der Waals surface area contributed by atoms with Gasteiger partial charge >= 0.3 is 18.3 Å². The molecule has 0 bridgehead atoms. The summed E-state index contributed by atoms with van der Waals surface area (Å²) >= 11 is 0. The Bertz CT molecular complexity index is 720. The fourth-order valence-corrected chi connectivity index (χ4v) is 2.96. The first-order valence-corrected chi connectivity index (χ1v) is 7.52. The Morgan fingerprint density at radius 1 is 0.958 bits per heavy atom. The van der Waals surface area contributed by atoms with Gasteiger partial charge in [-0.2, -0.15) is 31.1 Å². The SMILES string of the molecule is CC(C)(NS(=O)(=O)c1cc(C(F)(F)F)cc(C(F)(F)F)c1)C(=O)O. The number of carbonyl (C=O) groups is 1. The highest BCUT2D eigenvalue weighted by Crippen LogP contribution is 2.37. The molecule has 0 unspecified atom stereocenters. The van der Waals surface area contributed by atoms with Gasteiger partial charge in [0.15, 0.2) is 0 Å². The number of benzene rings is 1. The molecule has 0 aliphatic carbocycles. The van der Waals surface area contributed by atoms with Crippen LogP contribution in [0.1, 0.15) is 25.0 Å². The summed E-state index contributed by atoms with van der Waals surface area (Å²) in [6, 6.07) is -0.244. The number of carboxylic acid groups (broad SMARTS) is 1. The monoisotopic (exact) mass is 379 g/mol. The van der Waals surface area contributed by atoms with Gasteiger partial charge in [0.2, 0.25) is 10.0 Å². The molecule has 2 N–H and O–H groups in total. The van der Waals surface area contributed by atoms with E-state index in [-0.39, 0.29) is 18.2 Å². The smallest absolute Gasteiger partial charge is 0.416 e. The second-order valence-electron chi connectivity index (χ2n) is 5.28. The highest BCUT2D eigenvalue weighted by atomic mass is 32.2. The van der Waals surface area contributed by atoms with Crippen molar-refractivity contribution in [2.45, 2.75) is 36.6 Å². The highest BCUT2D eigenvalue weighted by Gasteiger charge is 2.39. The Morgan fingerprint density at radius 3 is 1.62 bits per heavy atom. The molecule has 0 heterocycles. The van der Waals surface area contributed by atoms with Gasteiger partial charge in [0.25, 0.3) is 0 Å². The Labute approximate surface area is 132 Å². The van der Waals surface area contributed by atoms with Crippen molar-refractivity contribution in [2.24, 2.45) is 0 Å². The zero-order chi connectivity index (χ0) is 19.1. The normalized spacial score (nSPS) is 13.8. The molecule has 0 radical (unpaired) electrons. The van der Waals surface area contributed by atoms with Crippen LogP contribution in [0.2, 0.25) is 0 Å². The first kappa shape index (κ1) is 20.2. The molecule has 0 amide bonds. The van der Waals surface area contributed by atoms with Crippen molar-refractivity contribution in [3.8, 4) is 0 Å². The van der Waals surface area contributed by atoms with E-state index in [1.54, 1.807) is 4.72 Å². The van der Waals surface area contributed by atoms with E-state index >= 15 is 0 Å². The summed E-state index contributed by atoms with van der Waals surface area (Å²) in [4.78, 5) is 9.55. The Balaban J connectivity index is 3.55. The lowest BCUT2D eigenvalue weighted by Gasteiger charge is -2.22. The molecule has 1 aromatic carbocycles. The minimum atomic E-state index is -5.23. The van der Waals surface area contributed by atoms with Crippen LogP contribution in [-0.4, -0.2) is 25.0 Å². The third-order valence-corrected chi connectivity index (χ3v) is 4.43. The summed E-state index contributed by atoms with van der Waals surface area (Å²) in [5.74, 6) is -1.67. The van der Waals surface area contributed by atoms with E-state index in [1.807, 2.05) is 0 Å². The summed E-state index contributed by atoms with van der Waals surface area (Å²) in [5.41, 5.74) is -5.80. The number of halogens is 6. The zero-order valence-corrected chi connectivity index (χ0v) is 12.9.